The molecule has 0 aromatic heterocycles. The highest BCUT2D eigenvalue weighted by molar-refractivity contribution is 5.96. The van der Waals surface area contributed by atoms with Gasteiger partial charge in [-0.2, -0.15) is 0 Å². The molecule has 9 nitrogen and oxygen atoms in total. The summed E-state index contributed by atoms with van der Waals surface area (Å²) in [4.78, 5) is 53.7. The molecule has 2 aliphatic heterocycles. The average Bonchev–Trinajstić information content (AvgIpc) is 3.13. The summed E-state index contributed by atoms with van der Waals surface area (Å²) in [5.41, 5.74) is 1.25. The number of carbonyl (C=O) groups excluding carboxylic acids is 4. The van der Waals surface area contributed by atoms with Crippen molar-refractivity contribution in [3.8, 4) is 0 Å². The van der Waals surface area contributed by atoms with E-state index in [0.717, 1.165) is 51.6 Å². The summed E-state index contributed by atoms with van der Waals surface area (Å²) in [6, 6.07) is 6.26. The number of benzene rings is 1. The molecule has 0 radical (unpaired) electrons. The van der Waals surface area contributed by atoms with Crippen LogP contribution in [0.1, 0.15) is 62.2 Å². The SMILES string of the molecule is CCCCOC(=O)CC1C(=O)NCCN1C(=O)CNc1cccc(C(=O)N2CCCCCC2)c1. The lowest BCUT2D eigenvalue weighted by molar-refractivity contribution is -0.151. The molecule has 2 N–H and O–H groups in total. The number of amides is 3. The molecular formula is C25H36N4O5. The molecule has 1 unspecified atom stereocenters. The topological polar surface area (TPSA) is 108 Å². The van der Waals surface area contributed by atoms with Crippen LogP contribution in [0.3, 0.4) is 0 Å². The minimum absolute atomic E-state index is 0.00577. The Labute approximate surface area is 201 Å². The molecule has 34 heavy (non-hydrogen) atoms. The zero-order valence-electron chi connectivity index (χ0n) is 20.0. The highest BCUT2D eigenvalue weighted by Gasteiger charge is 2.35. The van der Waals surface area contributed by atoms with Gasteiger partial charge in [0.05, 0.1) is 19.6 Å². The smallest absolute Gasteiger partial charge is 0.308 e. The maximum atomic E-state index is 12.9. The summed E-state index contributed by atoms with van der Waals surface area (Å²) in [5, 5.41) is 5.79. The Morgan fingerprint density at radius 1 is 1.12 bits per heavy atom. The third kappa shape index (κ3) is 7.20. The number of nitrogens with zero attached hydrogens (tertiary/aromatic N) is 2. The van der Waals surface area contributed by atoms with Gasteiger partial charge in [-0.3, -0.25) is 19.2 Å². The molecule has 2 fully saturated rings. The zero-order chi connectivity index (χ0) is 24.3. The first-order chi connectivity index (χ1) is 16.5. The molecule has 1 atom stereocenters. The highest BCUT2D eigenvalue weighted by atomic mass is 16.5. The van der Waals surface area contributed by atoms with Gasteiger partial charge in [-0.05, 0) is 37.5 Å². The van der Waals surface area contributed by atoms with Crippen LogP contribution in [-0.2, 0) is 19.1 Å². The van der Waals surface area contributed by atoms with Gasteiger partial charge in [0, 0.05) is 37.4 Å². The summed E-state index contributed by atoms with van der Waals surface area (Å²) >= 11 is 0. The Morgan fingerprint density at radius 2 is 1.88 bits per heavy atom. The van der Waals surface area contributed by atoms with Crippen LogP contribution in [0.2, 0.25) is 0 Å². The minimum Gasteiger partial charge on any atom is -0.466 e. The van der Waals surface area contributed by atoms with E-state index in [2.05, 4.69) is 10.6 Å². The second-order valence-corrected chi connectivity index (χ2v) is 8.81. The molecule has 3 rings (SSSR count). The van der Waals surface area contributed by atoms with E-state index in [1.807, 2.05) is 11.8 Å². The van der Waals surface area contributed by atoms with Gasteiger partial charge in [0.1, 0.15) is 6.04 Å². The van der Waals surface area contributed by atoms with E-state index in [1.54, 1.807) is 24.3 Å². The monoisotopic (exact) mass is 472 g/mol. The molecule has 1 aromatic carbocycles. The van der Waals surface area contributed by atoms with Gasteiger partial charge in [0.2, 0.25) is 11.8 Å². The number of carbonyl (C=O) groups is 4. The molecule has 3 amide bonds. The van der Waals surface area contributed by atoms with Gasteiger partial charge in [0.15, 0.2) is 0 Å². The van der Waals surface area contributed by atoms with E-state index in [-0.39, 0.29) is 30.7 Å². The number of nitrogens with one attached hydrogen (secondary N) is 2. The van der Waals surface area contributed by atoms with E-state index in [9.17, 15) is 19.2 Å². The van der Waals surface area contributed by atoms with Crippen LogP contribution in [0.5, 0.6) is 0 Å². The van der Waals surface area contributed by atoms with E-state index in [0.29, 0.717) is 30.9 Å². The molecule has 186 valence electrons. The predicted octanol–water partition coefficient (Wildman–Crippen LogP) is 2.18. The van der Waals surface area contributed by atoms with Crippen LogP contribution in [0, 0.1) is 0 Å². The number of hydrogen-bond acceptors (Lipinski definition) is 6. The summed E-state index contributed by atoms with van der Waals surface area (Å²) in [7, 11) is 0. The maximum Gasteiger partial charge on any atom is 0.308 e. The first kappa shape index (κ1) is 25.5. The molecule has 9 heteroatoms. The second-order valence-electron chi connectivity index (χ2n) is 8.81. The van der Waals surface area contributed by atoms with Crippen molar-refractivity contribution in [2.75, 3.05) is 44.6 Å². The molecule has 2 aliphatic rings. The fourth-order valence-electron chi connectivity index (χ4n) is 4.26. The minimum atomic E-state index is -0.881. The van der Waals surface area contributed by atoms with E-state index in [1.165, 1.54) is 4.90 Å². The molecule has 0 spiro atoms. The Balaban J connectivity index is 1.58. The molecule has 0 aliphatic carbocycles. The Morgan fingerprint density at radius 3 is 2.62 bits per heavy atom. The van der Waals surface area contributed by atoms with Crippen molar-refractivity contribution in [2.24, 2.45) is 0 Å². The van der Waals surface area contributed by atoms with Gasteiger partial charge in [-0.25, -0.2) is 0 Å². The van der Waals surface area contributed by atoms with Crippen molar-refractivity contribution in [1.82, 2.24) is 15.1 Å². The number of likely N-dealkylation sites (tertiary alicyclic amines) is 1. The second kappa shape index (κ2) is 13.0. The van der Waals surface area contributed by atoms with Gasteiger partial charge in [-0.1, -0.05) is 32.3 Å². The van der Waals surface area contributed by atoms with Crippen LogP contribution in [0.4, 0.5) is 5.69 Å². The largest absolute Gasteiger partial charge is 0.466 e. The molecule has 0 saturated carbocycles. The maximum absolute atomic E-state index is 12.9. The molecule has 2 heterocycles. The molecule has 0 bridgehead atoms. The Hall–Kier alpha value is -3.10. The lowest BCUT2D eigenvalue weighted by Crippen LogP contribution is -2.58. The highest BCUT2D eigenvalue weighted by Crippen LogP contribution is 2.17. The zero-order valence-corrected chi connectivity index (χ0v) is 20.0. The van der Waals surface area contributed by atoms with Crippen molar-refractivity contribution in [1.29, 1.82) is 0 Å². The van der Waals surface area contributed by atoms with Gasteiger partial charge < -0.3 is 25.2 Å². The summed E-state index contributed by atoms with van der Waals surface area (Å²) in [6.45, 7) is 4.47. The quantitative estimate of drug-likeness (QED) is 0.421. The van der Waals surface area contributed by atoms with Gasteiger partial charge in [-0.15, -0.1) is 0 Å². The molecular weight excluding hydrogens is 436 g/mol. The summed E-state index contributed by atoms with van der Waals surface area (Å²) < 4.78 is 5.18. The number of anilines is 1. The van der Waals surface area contributed by atoms with E-state index >= 15 is 0 Å². The third-order valence-electron chi connectivity index (χ3n) is 6.22. The Kier molecular flexibility index (Phi) is 9.73. The average molecular weight is 473 g/mol. The normalized spacial score (nSPS) is 18.6. The van der Waals surface area contributed by atoms with Crippen molar-refractivity contribution < 1.29 is 23.9 Å². The summed E-state index contributed by atoms with van der Waals surface area (Å²) in [5.74, 6) is -1.12. The van der Waals surface area contributed by atoms with Crippen LogP contribution < -0.4 is 10.6 Å². The number of piperazine rings is 1. The van der Waals surface area contributed by atoms with E-state index < -0.39 is 12.0 Å². The van der Waals surface area contributed by atoms with E-state index in [4.69, 9.17) is 4.74 Å². The number of hydrogen-bond donors (Lipinski definition) is 2. The van der Waals surface area contributed by atoms with Gasteiger partial charge >= 0.3 is 5.97 Å². The van der Waals surface area contributed by atoms with Crippen LogP contribution >= 0.6 is 0 Å². The standard InChI is InChI=1S/C25H36N4O5/c1-2-3-15-34-23(31)17-21-24(32)26-11-14-29(21)22(30)18-27-20-10-8-9-19(16-20)25(33)28-12-6-4-5-7-13-28/h8-10,16,21,27H,2-7,11-15,17-18H2,1H3,(H,26,32). The van der Waals surface area contributed by atoms with Crippen molar-refractivity contribution in [3.05, 3.63) is 29.8 Å². The van der Waals surface area contributed by atoms with Gasteiger partial charge in [0.25, 0.3) is 5.91 Å². The fraction of sp³-hybridized carbons (Fsp3) is 0.600. The van der Waals surface area contributed by atoms with Crippen LogP contribution in [0.25, 0.3) is 0 Å². The number of unbranched alkanes of at least 4 members (excludes halogenated alkanes) is 1. The van der Waals surface area contributed by atoms with Crippen molar-refractivity contribution in [3.63, 3.8) is 0 Å². The molecule has 2 saturated heterocycles. The third-order valence-corrected chi connectivity index (χ3v) is 6.22. The van der Waals surface area contributed by atoms with Crippen LogP contribution in [-0.4, -0.2) is 78.9 Å². The predicted molar refractivity (Wildman–Crippen MR) is 128 cm³/mol. The Bertz CT molecular complexity index is 867. The number of rotatable bonds is 9. The lowest BCUT2D eigenvalue weighted by atomic mass is 10.1. The number of esters is 1. The van der Waals surface area contributed by atoms with Crippen LogP contribution in [0.15, 0.2) is 24.3 Å². The molecule has 1 aromatic rings. The van der Waals surface area contributed by atoms with Crippen molar-refractivity contribution in [2.45, 2.75) is 57.9 Å². The first-order valence-electron chi connectivity index (χ1n) is 12.4. The summed E-state index contributed by atoms with van der Waals surface area (Å²) in [6.07, 6.45) is 5.84. The lowest BCUT2D eigenvalue weighted by Gasteiger charge is -2.34. The number of ether oxygens (including phenoxy) is 1. The first-order valence-corrected chi connectivity index (χ1v) is 12.4. The van der Waals surface area contributed by atoms with Crippen molar-refractivity contribution >= 4 is 29.4 Å². The fourth-order valence-corrected chi connectivity index (χ4v) is 4.26.